The molecule has 1 N–H and O–H groups in total. The van der Waals surface area contributed by atoms with Crippen LogP contribution in [0.3, 0.4) is 0 Å². The zero-order chi connectivity index (χ0) is 25.3. The Labute approximate surface area is 207 Å². The highest BCUT2D eigenvalue weighted by Gasteiger charge is 2.25. The van der Waals surface area contributed by atoms with Gasteiger partial charge in [0.25, 0.3) is 11.1 Å². The Morgan fingerprint density at radius 1 is 1.09 bits per heavy atom. The summed E-state index contributed by atoms with van der Waals surface area (Å²) in [5, 5.41) is 10.6. The summed E-state index contributed by atoms with van der Waals surface area (Å²) >= 11 is 6.19. The van der Waals surface area contributed by atoms with Crippen LogP contribution in [-0.4, -0.2) is 24.2 Å². The van der Waals surface area contributed by atoms with Crippen molar-refractivity contribution in [3.63, 3.8) is 0 Å². The molecule has 0 spiro atoms. The molecule has 0 aliphatic heterocycles. The van der Waals surface area contributed by atoms with Crippen LogP contribution in [0, 0.1) is 13.8 Å². The summed E-state index contributed by atoms with van der Waals surface area (Å²) in [5.41, 5.74) is 0.553. The number of hydrogen-bond donors (Lipinski definition) is 1. The molecule has 0 amide bonds. The second-order valence-electron chi connectivity index (χ2n) is 8.72. The van der Waals surface area contributed by atoms with Gasteiger partial charge >= 0.3 is 0 Å². The molecule has 4 aromatic rings. The van der Waals surface area contributed by atoms with Gasteiger partial charge in [-0.15, -0.1) is 0 Å². The molecule has 0 saturated carbocycles. The van der Waals surface area contributed by atoms with E-state index in [2.05, 4.69) is 9.97 Å². The molecule has 0 aromatic carbocycles. The summed E-state index contributed by atoms with van der Waals surface area (Å²) in [5.74, 6) is 0.727. The Kier molecular flexibility index (Phi) is 6.60. The first-order valence-electron chi connectivity index (χ1n) is 10.9. The molecule has 0 unspecified atom stereocenters. The van der Waals surface area contributed by atoms with Gasteiger partial charge < -0.3 is 9.84 Å². The van der Waals surface area contributed by atoms with E-state index in [9.17, 15) is 14.7 Å². The van der Waals surface area contributed by atoms with Crippen LogP contribution in [0.2, 0.25) is 5.02 Å². The van der Waals surface area contributed by atoms with Gasteiger partial charge in [-0.2, -0.15) is 0 Å². The lowest BCUT2D eigenvalue weighted by atomic mass is 10.00. The van der Waals surface area contributed by atoms with E-state index in [0.29, 0.717) is 22.9 Å². The number of aryl methyl sites for hydroxylation is 2. The smallest absolute Gasteiger partial charge is 0.263 e. The van der Waals surface area contributed by atoms with Crippen LogP contribution < -0.4 is 15.9 Å². The van der Waals surface area contributed by atoms with Crippen molar-refractivity contribution in [1.82, 2.24) is 19.1 Å². The van der Waals surface area contributed by atoms with Crippen LogP contribution in [0.1, 0.15) is 36.4 Å². The van der Waals surface area contributed by atoms with Gasteiger partial charge in [0, 0.05) is 42.5 Å². The molecule has 9 heteroatoms. The molecule has 0 atom stereocenters. The molecule has 8 nitrogen and oxygen atoms in total. The first-order valence-corrected chi connectivity index (χ1v) is 11.3. The number of hydrogen-bond acceptors (Lipinski definition) is 6. The average molecular weight is 493 g/mol. The maximum absolute atomic E-state index is 13.1. The normalized spacial score (nSPS) is 11.5. The predicted molar refractivity (Wildman–Crippen MR) is 134 cm³/mol. The number of pyridine rings is 4. The quantitative estimate of drug-likeness (QED) is 0.439. The van der Waals surface area contributed by atoms with Crippen molar-refractivity contribution in [2.75, 3.05) is 0 Å². The highest BCUT2D eigenvalue weighted by atomic mass is 35.5. The van der Waals surface area contributed by atoms with E-state index in [1.807, 2.05) is 25.1 Å². The molecule has 35 heavy (non-hydrogen) atoms. The number of aliphatic hydroxyl groups is 1. The monoisotopic (exact) mass is 492 g/mol. The molecule has 0 saturated heterocycles. The lowest BCUT2D eigenvalue weighted by Crippen LogP contribution is -2.32. The number of ether oxygens (including phenoxy) is 1. The third kappa shape index (κ3) is 5.03. The lowest BCUT2D eigenvalue weighted by molar-refractivity contribution is 0.0769. The van der Waals surface area contributed by atoms with Crippen LogP contribution >= 0.6 is 11.6 Å². The van der Waals surface area contributed by atoms with Crippen molar-refractivity contribution < 1.29 is 9.84 Å². The average Bonchev–Trinajstić information content (AvgIpc) is 2.78. The molecule has 0 bridgehead atoms. The summed E-state index contributed by atoms with van der Waals surface area (Å²) < 4.78 is 8.60. The van der Waals surface area contributed by atoms with E-state index in [1.54, 1.807) is 31.5 Å². The number of nitrogens with zero attached hydrogens (tertiary/aromatic N) is 4. The summed E-state index contributed by atoms with van der Waals surface area (Å²) in [6, 6.07) is 11.9. The molecule has 180 valence electrons. The Balaban J connectivity index is 1.75. The van der Waals surface area contributed by atoms with Crippen molar-refractivity contribution in [2.45, 2.75) is 39.9 Å². The van der Waals surface area contributed by atoms with Gasteiger partial charge in [0.2, 0.25) is 0 Å². The van der Waals surface area contributed by atoms with Crippen LogP contribution in [0.25, 0.3) is 11.5 Å². The van der Waals surface area contributed by atoms with Crippen molar-refractivity contribution in [3.8, 4) is 17.3 Å². The minimum absolute atomic E-state index is 0.0633. The summed E-state index contributed by atoms with van der Waals surface area (Å²) in [7, 11) is 0. The molecular weight excluding hydrogens is 468 g/mol. The second kappa shape index (κ2) is 9.48. The molecule has 0 aliphatic carbocycles. The van der Waals surface area contributed by atoms with Gasteiger partial charge in [0.05, 0.1) is 27.6 Å². The summed E-state index contributed by atoms with van der Waals surface area (Å²) in [6.07, 6.45) is 4.76. The van der Waals surface area contributed by atoms with E-state index >= 15 is 0 Å². The molecule has 0 radical (unpaired) electrons. The zero-order valence-corrected chi connectivity index (χ0v) is 20.6. The van der Waals surface area contributed by atoms with E-state index in [-0.39, 0.29) is 22.8 Å². The second-order valence-corrected chi connectivity index (χ2v) is 9.12. The largest absolute Gasteiger partial charge is 0.487 e. The van der Waals surface area contributed by atoms with Crippen molar-refractivity contribution in [3.05, 3.63) is 109 Å². The first kappa shape index (κ1) is 24.4. The molecule has 4 rings (SSSR count). The predicted octanol–water partition coefficient (Wildman–Crippen LogP) is 3.86. The van der Waals surface area contributed by atoms with Crippen molar-refractivity contribution in [1.29, 1.82) is 0 Å². The van der Waals surface area contributed by atoms with Gasteiger partial charge in [-0.1, -0.05) is 17.7 Å². The van der Waals surface area contributed by atoms with Crippen LogP contribution in [0.4, 0.5) is 0 Å². The minimum Gasteiger partial charge on any atom is -0.487 e. The molecular formula is C26H25ClN4O4. The van der Waals surface area contributed by atoms with Gasteiger partial charge in [-0.05, 0) is 51.5 Å². The van der Waals surface area contributed by atoms with Crippen molar-refractivity contribution >= 4 is 11.6 Å². The summed E-state index contributed by atoms with van der Waals surface area (Å²) in [6.45, 7) is 6.86. The van der Waals surface area contributed by atoms with Crippen LogP contribution in [-0.2, 0) is 12.2 Å². The topological polar surface area (TPSA) is 99.2 Å². The maximum atomic E-state index is 13.1. The van der Waals surface area contributed by atoms with Gasteiger partial charge in [0.15, 0.2) is 0 Å². The molecule has 4 aromatic heterocycles. The van der Waals surface area contributed by atoms with Gasteiger partial charge in [-0.25, -0.2) is 4.98 Å². The number of aromatic nitrogens is 4. The van der Waals surface area contributed by atoms with E-state index in [0.717, 1.165) is 11.3 Å². The standard InChI is InChI=1S/C26H25ClN4O4/c1-16-14-29-22(30-10-8-20(27)24(25(30)33)26(3,4)34)13-21(16)31-17(2)11-19(12-23(31)32)35-15-18-7-5-6-9-28-18/h5-14,34H,15H2,1-4H3. The van der Waals surface area contributed by atoms with Crippen molar-refractivity contribution in [2.24, 2.45) is 0 Å². The Hall–Kier alpha value is -3.75. The lowest BCUT2D eigenvalue weighted by Gasteiger charge is -2.20. The van der Waals surface area contributed by atoms with E-state index < -0.39 is 11.2 Å². The zero-order valence-electron chi connectivity index (χ0n) is 19.8. The summed E-state index contributed by atoms with van der Waals surface area (Å²) in [4.78, 5) is 34.8. The fourth-order valence-electron chi connectivity index (χ4n) is 3.83. The molecule has 0 fully saturated rings. The SMILES string of the molecule is Cc1cnc(-n2ccc(Cl)c(C(C)(C)O)c2=O)cc1-n1c(C)cc(OCc2ccccn2)cc1=O. The number of halogens is 1. The Bertz CT molecular complexity index is 1510. The maximum Gasteiger partial charge on any atom is 0.263 e. The molecule has 4 heterocycles. The van der Waals surface area contributed by atoms with Gasteiger partial charge in [0.1, 0.15) is 18.2 Å². The minimum atomic E-state index is -1.44. The number of rotatable bonds is 6. The highest BCUT2D eigenvalue weighted by Crippen LogP contribution is 2.25. The fraction of sp³-hybridized carbons (Fsp3) is 0.231. The fourth-order valence-corrected chi connectivity index (χ4v) is 4.20. The van der Waals surface area contributed by atoms with Gasteiger partial charge in [-0.3, -0.25) is 23.7 Å². The molecule has 0 aliphatic rings. The third-order valence-corrected chi connectivity index (χ3v) is 5.82. The van der Waals surface area contributed by atoms with E-state index in [4.69, 9.17) is 16.3 Å². The highest BCUT2D eigenvalue weighted by molar-refractivity contribution is 6.31. The third-order valence-electron chi connectivity index (χ3n) is 5.50. The first-order chi connectivity index (χ1) is 16.6. The van der Waals surface area contributed by atoms with Crippen LogP contribution in [0.15, 0.2) is 70.6 Å². The Morgan fingerprint density at radius 2 is 1.86 bits per heavy atom. The van der Waals surface area contributed by atoms with E-state index in [1.165, 1.54) is 41.3 Å². The van der Waals surface area contributed by atoms with Crippen LogP contribution in [0.5, 0.6) is 5.75 Å². The Morgan fingerprint density at radius 3 is 2.51 bits per heavy atom.